The summed E-state index contributed by atoms with van der Waals surface area (Å²) in [5.41, 5.74) is 2.97. The second kappa shape index (κ2) is 6.27. The molecule has 2 heterocycles. The average molecular weight is 314 g/mol. The number of thiazole rings is 1. The Balaban J connectivity index is 1.59. The van der Waals surface area contributed by atoms with Gasteiger partial charge in [0.15, 0.2) is 0 Å². The fourth-order valence-electron chi connectivity index (χ4n) is 2.41. The van der Waals surface area contributed by atoms with Gasteiger partial charge in [0.2, 0.25) is 5.91 Å². The Labute approximate surface area is 133 Å². The number of para-hydroxylation sites is 2. The van der Waals surface area contributed by atoms with Crippen LogP contribution in [0.15, 0.2) is 36.0 Å². The Morgan fingerprint density at radius 1 is 1.36 bits per heavy atom. The molecule has 0 bridgehead atoms. The van der Waals surface area contributed by atoms with E-state index in [1.807, 2.05) is 48.2 Å². The van der Waals surface area contributed by atoms with E-state index >= 15 is 0 Å². The van der Waals surface area contributed by atoms with Crippen molar-refractivity contribution in [1.29, 1.82) is 0 Å². The normalized spacial score (nSPS) is 11.0. The summed E-state index contributed by atoms with van der Waals surface area (Å²) in [7, 11) is 1.82. The summed E-state index contributed by atoms with van der Waals surface area (Å²) in [6.45, 7) is 3.17. The van der Waals surface area contributed by atoms with Crippen molar-refractivity contribution in [2.24, 2.45) is 0 Å². The molecule has 6 heteroatoms. The molecule has 0 radical (unpaired) electrons. The number of rotatable bonds is 5. The molecule has 0 fully saturated rings. The van der Waals surface area contributed by atoms with Crippen LogP contribution in [-0.4, -0.2) is 32.4 Å². The van der Waals surface area contributed by atoms with Crippen molar-refractivity contribution in [2.45, 2.75) is 26.4 Å². The predicted octanol–water partition coefficient (Wildman–Crippen LogP) is 2.85. The molecule has 0 aliphatic heterocycles. The Bertz CT molecular complexity index is 792. The molecule has 1 amide bonds. The first-order chi connectivity index (χ1) is 10.6. The lowest BCUT2D eigenvalue weighted by molar-refractivity contribution is -0.130. The molecule has 0 aliphatic rings. The molecule has 3 aromatic rings. The zero-order valence-corrected chi connectivity index (χ0v) is 13.5. The number of amides is 1. The Kier molecular flexibility index (Phi) is 4.20. The highest BCUT2D eigenvalue weighted by Crippen LogP contribution is 2.13. The predicted molar refractivity (Wildman–Crippen MR) is 87.7 cm³/mol. The van der Waals surface area contributed by atoms with Crippen molar-refractivity contribution in [2.75, 3.05) is 7.05 Å². The number of aryl methyl sites for hydroxylation is 2. The number of imidazole rings is 1. The summed E-state index contributed by atoms with van der Waals surface area (Å²) in [5.74, 6) is 0.114. The smallest absolute Gasteiger partial charge is 0.224 e. The van der Waals surface area contributed by atoms with E-state index in [1.165, 1.54) is 0 Å². The molecule has 2 aromatic heterocycles. The first-order valence-corrected chi connectivity index (χ1v) is 8.06. The van der Waals surface area contributed by atoms with E-state index in [4.69, 9.17) is 0 Å². The lowest BCUT2D eigenvalue weighted by Gasteiger charge is -2.16. The Morgan fingerprint density at radius 3 is 2.95 bits per heavy atom. The van der Waals surface area contributed by atoms with E-state index in [9.17, 15) is 4.79 Å². The second-order valence-corrected chi connectivity index (χ2v) is 6.35. The third kappa shape index (κ3) is 3.17. The lowest BCUT2D eigenvalue weighted by atomic mass is 10.3. The van der Waals surface area contributed by atoms with E-state index in [0.717, 1.165) is 21.7 Å². The molecule has 0 saturated heterocycles. The number of carbonyl (C=O) groups is 1. The average Bonchev–Trinajstić information content (AvgIpc) is 3.11. The zero-order chi connectivity index (χ0) is 15.5. The number of hydrogen-bond acceptors (Lipinski definition) is 4. The van der Waals surface area contributed by atoms with Crippen LogP contribution in [0.2, 0.25) is 0 Å². The molecule has 22 heavy (non-hydrogen) atoms. The summed E-state index contributed by atoms with van der Waals surface area (Å²) < 4.78 is 2.02. The van der Waals surface area contributed by atoms with Crippen molar-refractivity contribution in [3.05, 3.63) is 46.7 Å². The van der Waals surface area contributed by atoms with Crippen LogP contribution in [-0.2, 0) is 17.9 Å². The highest BCUT2D eigenvalue weighted by molar-refractivity contribution is 7.09. The highest BCUT2D eigenvalue weighted by atomic mass is 32.1. The van der Waals surface area contributed by atoms with Gasteiger partial charge in [-0.3, -0.25) is 4.79 Å². The molecule has 114 valence electrons. The van der Waals surface area contributed by atoms with Gasteiger partial charge in [0, 0.05) is 25.4 Å². The fraction of sp³-hybridized carbons (Fsp3) is 0.312. The first-order valence-electron chi connectivity index (χ1n) is 7.18. The van der Waals surface area contributed by atoms with Crippen LogP contribution in [0.3, 0.4) is 0 Å². The summed E-state index contributed by atoms with van der Waals surface area (Å²) in [6, 6.07) is 7.95. The van der Waals surface area contributed by atoms with E-state index in [2.05, 4.69) is 9.97 Å². The molecular formula is C16H18N4OS. The van der Waals surface area contributed by atoms with Crippen LogP contribution in [0, 0.1) is 6.92 Å². The number of benzene rings is 1. The van der Waals surface area contributed by atoms with Crippen LogP contribution in [0.5, 0.6) is 0 Å². The van der Waals surface area contributed by atoms with Gasteiger partial charge in [-0.05, 0) is 19.1 Å². The number of aromatic nitrogens is 3. The van der Waals surface area contributed by atoms with Gasteiger partial charge in [-0.2, -0.15) is 0 Å². The van der Waals surface area contributed by atoms with Gasteiger partial charge in [0.1, 0.15) is 0 Å². The summed E-state index contributed by atoms with van der Waals surface area (Å²) in [6.07, 6.45) is 2.25. The first kappa shape index (κ1) is 14.7. The fourth-order valence-corrected chi connectivity index (χ4v) is 3.01. The molecule has 0 aliphatic carbocycles. The minimum Gasteiger partial charge on any atom is -0.340 e. The third-order valence-corrected chi connectivity index (χ3v) is 4.41. The molecule has 5 nitrogen and oxygen atoms in total. The van der Waals surface area contributed by atoms with Crippen molar-refractivity contribution < 1.29 is 4.79 Å². The van der Waals surface area contributed by atoms with Crippen molar-refractivity contribution >= 4 is 28.3 Å². The quantitative estimate of drug-likeness (QED) is 0.727. The highest BCUT2D eigenvalue weighted by Gasteiger charge is 2.11. The number of hydrogen-bond donors (Lipinski definition) is 0. The maximum Gasteiger partial charge on any atom is 0.224 e. The largest absolute Gasteiger partial charge is 0.340 e. The number of fused-ring (bicyclic) bond motifs is 1. The summed E-state index contributed by atoms with van der Waals surface area (Å²) in [5, 5.41) is 3.03. The zero-order valence-electron chi connectivity index (χ0n) is 12.7. The van der Waals surface area contributed by atoms with E-state index in [-0.39, 0.29) is 5.91 Å². The van der Waals surface area contributed by atoms with Gasteiger partial charge in [0.05, 0.1) is 34.6 Å². The van der Waals surface area contributed by atoms with Gasteiger partial charge in [-0.15, -0.1) is 11.3 Å². The number of nitrogens with zero attached hydrogens (tertiary/aromatic N) is 4. The van der Waals surface area contributed by atoms with Crippen LogP contribution in [0.4, 0.5) is 0 Å². The van der Waals surface area contributed by atoms with Gasteiger partial charge in [0.25, 0.3) is 0 Å². The molecule has 3 rings (SSSR count). The van der Waals surface area contributed by atoms with E-state index in [1.54, 1.807) is 22.6 Å². The van der Waals surface area contributed by atoms with Gasteiger partial charge in [-0.1, -0.05) is 12.1 Å². The van der Waals surface area contributed by atoms with Crippen molar-refractivity contribution in [3.8, 4) is 0 Å². The Morgan fingerprint density at radius 2 is 2.18 bits per heavy atom. The van der Waals surface area contributed by atoms with E-state index in [0.29, 0.717) is 19.5 Å². The van der Waals surface area contributed by atoms with E-state index < -0.39 is 0 Å². The SMILES string of the molecule is Cc1nc(CN(C)C(=O)CCn2cnc3ccccc32)cs1. The maximum absolute atomic E-state index is 12.3. The van der Waals surface area contributed by atoms with Gasteiger partial charge >= 0.3 is 0 Å². The Hall–Kier alpha value is -2.21. The topological polar surface area (TPSA) is 51.0 Å². The van der Waals surface area contributed by atoms with Gasteiger partial charge in [-0.25, -0.2) is 9.97 Å². The van der Waals surface area contributed by atoms with Crippen LogP contribution >= 0.6 is 11.3 Å². The van der Waals surface area contributed by atoms with Crippen LogP contribution in [0.1, 0.15) is 17.1 Å². The van der Waals surface area contributed by atoms with Crippen LogP contribution < -0.4 is 0 Å². The molecule has 0 N–H and O–H groups in total. The lowest BCUT2D eigenvalue weighted by Crippen LogP contribution is -2.27. The molecule has 0 saturated carbocycles. The second-order valence-electron chi connectivity index (χ2n) is 5.28. The maximum atomic E-state index is 12.3. The van der Waals surface area contributed by atoms with Gasteiger partial charge < -0.3 is 9.47 Å². The third-order valence-electron chi connectivity index (χ3n) is 3.59. The molecule has 0 spiro atoms. The minimum atomic E-state index is 0.114. The summed E-state index contributed by atoms with van der Waals surface area (Å²) >= 11 is 1.61. The molecule has 1 aromatic carbocycles. The number of carbonyl (C=O) groups excluding carboxylic acids is 1. The standard InChI is InChI=1S/C16H18N4OS/c1-12-18-13(10-22-12)9-19(2)16(21)7-8-20-11-17-14-5-3-4-6-15(14)20/h3-6,10-11H,7-9H2,1-2H3. The van der Waals surface area contributed by atoms with Crippen molar-refractivity contribution in [1.82, 2.24) is 19.4 Å². The molecule has 0 atom stereocenters. The molecular weight excluding hydrogens is 296 g/mol. The van der Waals surface area contributed by atoms with Crippen molar-refractivity contribution in [3.63, 3.8) is 0 Å². The summed E-state index contributed by atoms with van der Waals surface area (Å²) in [4.78, 5) is 22.7. The monoisotopic (exact) mass is 314 g/mol. The molecule has 0 unspecified atom stereocenters. The minimum absolute atomic E-state index is 0.114. The van der Waals surface area contributed by atoms with Crippen LogP contribution in [0.25, 0.3) is 11.0 Å².